The molecule has 18 heavy (non-hydrogen) atoms. The summed E-state index contributed by atoms with van der Waals surface area (Å²) in [5.74, 6) is -0.107. The molecule has 1 aromatic carbocycles. The molecule has 1 amide bonds. The number of rotatable bonds is 4. The van der Waals surface area contributed by atoms with Crippen LogP contribution in [0.5, 0.6) is 0 Å². The fraction of sp³-hybridized carbons (Fsp3) is 0.357. The first kappa shape index (κ1) is 13.7. The van der Waals surface area contributed by atoms with Crippen molar-refractivity contribution in [3.63, 3.8) is 0 Å². The number of nitrogens with zero attached hydrogens (tertiary/aromatic N) is 3. The molecule has 0 saturated carbocycles. The molecule has 92 valence electrons. The lowest BCUT2D eigenvalue weighted by Crippen LogP contribution is -2.37. The van der Waals surface area contributed by atoms with Crippen molar-refractivity contribution in [2.75, 3.05) is 6.54 Å². The lowest BCUT2D eigenvalue weighted by atomic mass is 10.1. The molecule has 0 saturated heterocycles. The van der Waals surface area contributed by atoms with Crippen molar-refractivity contribution in [2.24, 2.45) is 0 Å². The molecule has 0 N–H and O–H groups in total. The molecule has 0 radical (unpaired) electrons. The third kappa shape index (κ3) is 3.33. The number of hydrogen-bond acceptors (Lipinski definition) is 3. The fourth-order valence-electron chi connectivity index (χ4n) is 1.62. The Bertz CT molecular complexity index is 491. The van der Waals surface area contributed by atoms with Gasteiger partial charge in [0.1, 0.15) is 0 Å². The van der Waals surface area contributed by atoms with Crippen molar-refractivity contribution in [1.29, 1.82) is 10.5 Å². The summed E-state index contributed by atoms with van der Waals surface area (Å²) in [6.07, 6.45) is 0.320. The summed E-state index contributed by atoms with van der Waals surface area (Å²) >= 11 is 0. The van der Waals surface area contributed by atoms with E-state index in [-0.39, 0.29) is 11.9 Å². The second kappa shape index (κ2) is 6.42. The van der Waals surface area contributed by atoms with Gasteiger partial charge in [-0.15, -0.1) is 0 Å². The van der Waals surface area contributed by atoms with Crippen molar-refractivity contribution in [3.05, 3.63) is 35.4 Å². The number of carbonyl (C=O) groups excluding carboxylic acids is 1. The average Bonchev–Trinajstić information content (AvgIpc) is 2.38. The Morgan fingerprint density at radius 1 is 1.28 bits per heavy atom. The maximum atomic E-state index is 12.2. The van der Waals surface area contributed by atoms with Crippen LogP contribution in [0.25, 0.3) is 0 Å². The van der Waals surface area contributed by atoms with Gasteiger partial charge in [0.25, 0.3) is 5.91 Å². The maximum Gasteiger partial charge on any atom is 0.254 e. The Kier molecular flexibility index (Phi) is 4.90. The van der Waals surface area contributed by atoms with E-state index in [0.29, 0.717) is 24.1 Å². The summed E-state index contributed by atoms with van der Waals surface area (Å²) in [5, 5.41) is 17.3. The van der Waals surface area contributed by atoms with Gasteiger partial charge in [0.2, 0.25) is 0 Å². The highest BCUT2D eigenvalue weighted by Gasteiger charge is 2.18. The Morgan fingerprint density at radius 3 is 2.33 bits per heavy atom. The molecule has 1 rings (SSSR count). The molecule has 0 spiro atoms. The summed E-state index contributed by atoms with van der Waals surface area (Å²) in [6, 6.07) is 10.6. The molecule has 4 nitrogen and oxygen atoms in total. The van der Waals surface area contributed by atoms with Gasteiger partial charge in [-0.05, 0) is 38.1 Å². The Morgan fingerprint density at radius 2 is 1.89 bits per heavy atom. The molecule has 0 fully saturated rings. The van der Waals surface area contributed by atoms with Crippen LogP contribution in [0.2, 0.25) is 0 Å². The first-order chi connectivity index (χ1) is 8.60. The van der Waals surface area contributed by atoms with Gasteiger partial charge in [-0.3, -0.25) is 4.79 Å². The average molecular weight is 241 g/mol. The van der Waals surface area contributed by atoms with E-state index >= 15 is 0 Å². The summed E-state index contributed by atoms with van der Waals surface area (Å²) in [4.78, 5) is 13.9. The predicted octanol–water partition coefficient (Wildman–Crippen LogP) is 2.32. The third-order valence-electron chi connectivity index (χ3n) is 2.61. The van der Waals surface area contributed by atoms with Crippen LogP contribution in [0.3, 0.4) is 0 Å². The van der Waals surface area contributed by atoms with Crippen molar-refractivity contribution < 1.29 is 4.79 Å². The van der Waals surface area contributed by atoms with Crippen LogP contribution in [-0.2, 0) is 0 Å². The van der Waals surface area contributed by atoms with Gasteiger partial charge in [-0.1, -0.05) is 0 Å². The highest BCUT2D eigenvalue weighted by molar-refractivity contribution is 5.94. The zero-order valence-corrected chi connectivity index (χ0v) is 10.6. The molecule has 0 aliphatic carbocycles. The van der Waals surface area contributed by atoms with Crippen molar-refractivity contribution >= 4 is 5.91 Å². The van der Waals surface area contributed by atoms with Crippen molar-refractivity contribution in [1.82, 2.24) is 4.90 Å². The van der Waals surface area contributed by atoms with E-state index < -0.39 is 0 Å². The highest BCUT2D eigenvalue weighted by Crippen LogP contribution is 2.10. The van der Waals surface area contributed by atoms with Gasteiger partial charge in [-0.25, -0.2) is 0 Å². The van der Waals surface area contributed by atoms with Gasteiger partial charge >= 0.3 is 0 Å². The molecule has 1 aromatic rings. The topological polar surface area (TPSA) is 67.9 Å². The number of nitriles is 2. The van der Waals surface area contributed by atoms with Crippen LogP contribution in [0.1, 0.15) is 36.2 Å². The second-order valence-electron chi connectivity index (χ2n) is 4.19. The van der Waals surface area contributed by atoms with Crippen LogP contribution in [0, 0.1) is 22.7 Å². The second-order valence-corrected chi connectivity index (χ2v) is 4.19. The summed E-state index contributed by atoms with van der Waals surface area (Å²) in [5.41, 5.74) is 1.07. The van der Waals surface area contributed by atoms with Crippen molar-refractivity contribution in [3.8, 4) is 12.1 Å². The molecule has 0 unspecified atom stereocenters. The van der Waals surface area contributed by atoms with Crippen molar-refractivity contribution in [2.45, 2.75) is 26.3 Å². The predicted molar refractivity (Wildman–Crippen MR) is 67.6 cm³/mol. The Hall–Kier alpha value is -2.33. The fourth-order valence-corrected chi connectivity index (χ4v) is 1.62. The monoisotopic (exact) mass is 241 g/mol. The Labute approximate surface area is 107 Å². The zero-order valence-electron chi connectivity index (χ0n) is 10.6. The van der Waals surface area contributed by atoms with Crippen LogP contribution in [-0.4, -0.2) is 23.4 Å². The molecule has 0 bridgehead atoms. The lowest BCUT2D eigenvalue weighted by molar-refractivity contribution is 0.0710. The molecule has 0 aliphatic heterocycles. The summed E-state index contributed by atoms with van der Waals surface area (Å²) in [7, 11) is 0. The van der Waals surface area contributed by atoms with Gasteiger partial charge in [0.15, 0.2) is 0 Å². The zero-order chi connectivity index (χ0) is 13.5. The minimum atomic E-state index is -0.107. The Balaban J connectivity index is 2.88. The molecular weight excluding hydrogens is 226 g/mol. The van der Waals surface area contributed by atoms with Gasteiger partial charge in [0, 0.05) is 18.2 Å². The smallest absolute Gasteiger partial charge is 0.254 e. The third-order valence-corrected chi connectivity index (χ3v) is 2.61. The molecule has 0 aliphatic rings. The summed E-state index contributed by atoms with van der Waals surface area (Å²) in [6.45, 7) is 4.25. The van der Waals surface area contributed by atoms with Crippen LogP contribution in [0.4, 0.5) is 0 Å². The lowest BCUT2D eigenvalue weighted by Gasteiger charge is -2.25. The normalized spacial score (nSPS) is 9.61. The molecule has 0 atom stereocenters. The van der Waals surface area contributed by atoms with Crippen LogP contribution in [0.15, 0.2) is 24.3 Å². The van der Waals surface area contributed by atoms with Crippen LogP contribution < -0.4 is 0 Å². The van der Waals surface area contributed by atoms with E-state index in [9.17, 15) is 4.79 Å². The quantitative estimate of drug-likeness (QED) is 0.812. The largest absolute Gasteiger partial charge is 0.335 e. The van der Waals surface area contributed by atoms with E-state index in [1.165, 1.54) is 0 Å². The first-order valence-corrected chi connectivity index (χ1v) is 5.78. The van der Waals surface area contributed by atoms with E-state index in [4.69, 9.17) is 10.5 Å². The van der Waals surface area contributed by atoms with Crippen LogP contribution >= 0.6 is 0 Å². The van der Waals surface area contributed by atoms with E-state index in [1.807, 2.05) is 26.0 Å². The maximum absolute atomic E-state index is 12.2. The minimum Gasteiger partial charge on any atom is -0.335 e. The molecular formula is C14H15N3O. The number of benzene rings is 1. The molecule has 0 heterocycles. The van der Waals surface area contributed by atoms with Gasteiger partial charge in [0.05, 0.1) is 24.1 Å². The summed E-state index contributed by atoms with van der Waals surface area (Å²) < 4.78 is 0. The molecule has 0 aromatic heterocycles. The number of carbonyl (C=O) groups is 1. The number of amides is 1. The van der Waals surface area contributed by atoms with Gasteiger partial charge < -0.3 is 4.90 Å². The molecule has 4 heteroatoms. The highest BCUT2D eigenvalue weighted by atomic mass is 16.2. The SMILES string of the molecule is CC(C)N(CCC#N)C(=O)c1ccc(C#N)cc1. The minimum absolute atomic E-state index is 0.0430. The standard InChI is InChI=1S/C14H15N3O/c1-11(2)17(9-3-8-15)14(18)13-6-4-12(10-16)5-7-13/h4-7,11H,3,9H2,1-2H3. The number of hydrogen-bond donors (Lipinski definition) is 0. The van der Waals surface area contributed by atoms with Gasteiger partial charge in [-0.2, -0.15) is 10.5 Å². The van der Waals surface area contributed by atoms with E-state index in [0.717, 1.165) is 0 Å². The van der Waals surface area contributed by atoms with E-state index in [1.54, 1.807) is 29.2 Å². The van der Waals surface area contributed by atoms with E-state index in [2.05, 4.69) is 0 Å². The first-order valence-electron chi connectivity index (χ1n) is 5.78.